The summed E-state index contributed by atoms with van der Waals surface area (Å²) in [5, 5.41) is 2.71. The lowest BCUT2D eigenvalue weighted by Crippen LogP contribution is -2.33. The molecule has 1 atom stereocenters. The number of nitrogens with one attached hydrogen (secondary N) is 1. The van der Waals surface area contributed by atoms with Gasteiger partial charge in [0.2, 0.25) is 0 Å². The molecule has 1 aliphatic heterocycles. The fourth-order valence-electron chi connectivity index (χ4n) is 2.31. The number of methoxy groups -OCH3 is 1. The molecule has 0 aliphatic carbocycles. The van der Waals surface area contributed by atoms with Gasteiger partial charge in [0.25, 0.3) is 0 Å². The van der Waals surface area contributed by atoms with Crippen LogP contribution in [0.2, 0.25) is 0 Å². The molecule has 5 nitrogen and oxygen atoms in total. The van der Waals surface area contributed by atoms with E-state index >= 15 is 0 Å². The standard InChI is InChI=1S/C15H21FN2O3/c1-20-7-8-21-11-12-5-6-18(10-12)15(19)17-14-4-2-3-13(16)9-14/h2-4,9,12H,5-8,10-11H2,1H3,(H,17,19)/t12-/m1/s1. The van der Waals surface area contributed by atoms with Crippen molar-refractivity contribution in [3.8, 4) is 0 Å². The molecular weight excluding hydrogens is 275 g/mol. The van der Waals surface area contributed by atoms with Crippen molar-refractivity contribution >= 4 is 11.7 Å². The molecule has 0 aromatic heterocycles. The van der Waals surface area contributed by atoms with Gasteiger partial charge in [0.15, 0.2) is 0 Å². The predicted molar refractivity (Wildman–Crippen MR) is 77.8 cm³/mol. The molecule has 6 heteroatoms. The SMILES string of the molecule is COCCOC[C@@H]1CCN(C(=O)Nc2cccc(F)c2)C1. The Hall–Kier alpha value is -1.66. The summed E-state index contributed by atoms with van der Waals surface area (Å²) < 4.78 is 23.5. The van der Waals surface area contributed by atoms with Crippen LogP contribution in [0.5, 0.6) is 0 Å². The van der Waals surface area contributed by atoms with Crippen molar-refractivity contribution in [1.82, 2.24) is 4.90 Å². The third-order valence-corrected chi connectivity index (χ3v) is 3.43. The number of urea groups is 1. The fourth-order valence-corrected chi connectivity index (χ4v) is 2.31. The number of ether oxygens (including phenoxy) is 2. The normalized spacial score (nSPS) is 18.0. The highest BCUT2D eigenvalue weighted by Gasteiger charge is 2.26. The summed E-state index contributed by atoms with van der Waals surface area (Å²) in [5.74, 6) is -0.0150. The van der Waals surface area contributed by atoms with Crippen LogP contribution < -0.4 is 5.32 Å². The van der Waals surface area contributed by atoms with Crippen molar-refractivity contribution in [1.29, 1.82) is 0 Å². The number of amides is 2. The van der Waals surface area contributed by atoms with Crippen molar-refractivity contribution in [2.24, 2.45) is 5.92 Å². The number of carbonyl (C=O) groups excluding carboxylic acids is 1. The van der Waals surface area contributed by atoms with Gasteiger partial charge in [-0.25, -0.2) is 9.18 Å². The quantitative estimate of drug-likeness (QED) is 0.820. The molecule has 0 radical (unpaired) electrons. The lowest BCUT2D eigenvalue weighted by Gasteiger charge is -2.17. The highest BCUT2D eigenvalue weighted by atomic mass is 19.1. The highest BCUT2D eigenvalue weighted by molar-refractivity contribution is 5.89. The van der Waals surface area contributed by atoms with Gasteiger partial charge in [0, 0.05) is 31.8 Å². The summed E-state index contributed by atoms with van der Waals surface area (Å²) in [7, 11) is 1.64. The summed E-state index contributed by atoms with van der Waals surface area (Å²) in [6.45, 7) is 3.14. The molecule has 2 rings (SSSR count). The Bertz CT molecular complexity index is 470. The Labute approximate surface area is 124 Å². The number of anilines is 1. The van der Waals surface area contributed by atoms with Crippen molar-refractivity contribution < 1.29 is 18.7 Å². The molecule has 1 aliphatic rings. The van der Waals surface area contributed by atoms with E-state index < -0.39 is 0 Å². The topological polar surface area (TPSA) is 50.8 Å². The Morgan fingerprint density at radius 1 is 1.48 bits per heavy atom. The number of hydrogen-bond acceptors (Lipinski definition) is 3. The number of halogens is 1. The van der Waals surface area contributed by atoms with Gasteiger partial charge in [0.05, 0.1) is 19.8 Å². The number of rotatable bonds is 6. The first kappa shape index (κ1) is 15.7. The molecule has 116 valence electrons. The molecule has 0 saturated carbocycles. The van der Waals surface area contributed by atoms with Crippen molar-refractivity contribution in [3.05, 3.63) is 30.1 Å². The zero-order chi connectivity index (χ0) is 15.1. The van der Waals surface area contributed by atoms with Gasteiger partial charge >= 0.3 is 6.03 Å². The molecule has 0 spiro atoms. The zero-order valence-electron chi connectivity index (χ0n) is 12.2. The minimum Gasteiger partial charge on any atom is -0.382 e. The second kappa shape index (κ2) is 7.95. The van der Waals surface area contributed by atoms with Gasteiger partial charge in [0.1, 0.15) is 5.82 Å². The lowest BCUT2D eigenvalue weighted by atomic mass is 10.1. The van der Waals surface area contributed by atoms with E-state index in [0.717, 1.165) is 6.42 Å². The molecule has 1 aromatic rings. The van der Waals surface area contributed by atoms with Crippen LogP contribution >= 0.6 is 0 Å². The van der Waals surface area contributed by atoms with Gasteiger partial charge in [-0.3, -0.25) is 0 Å². The van der Waals surface area contributed by atoms with Crippen molar-refractivity contribution in [2.75, 3.05) is 45.3 Å². The van der Waals surface area contributed by atoms with Gasteiger partial charge in [-0.05, 0) is 24.6 Å². The lowest BCUT2D eigenvalue weighted by molar-refractivity contribution is 0.0533. The largest absolute Gasteiger partial charge is 0.382 e. The number of benzene rings is 1. The van der Waals surface area contributed by atoms with Crippen LogP contribution in [-0.2, 0) is 9.47 Å². The maximum absolute atomic E-state index is 13.1. The van der Waals surface area contributed by atoms with E-state index in [0.29, 0.717) is 44.5 Å². The van der Waals surface area contributed by atoms with E-state index in [1.807, 2.05) is 0 Å². The third-order valence-electron chi connectivity index (χ3n) is 3.43. The van der Waals surface area contributed by atoms with E-state index in [9.17, 15) is 9.18 Å². The molecule has 2 amide bonds. The van der Waals surface area contributed by atoms with Crippen LogP contribution in [0.4, 0.5) is 14.9 Å². The van der Waals surface area contributed by atoms with Crippen LogP contribution in [0.25, 0.3) is 0 Å². The number of hydrogen-bond donors (Lipinski definition) is 1. The van der Waals surface area contributed by atoms with Gasteiger partial charge in [-0.2, -0.15) is 0 Å². The maximum atomic E-state index is 13.1. The van der Waals surface area contributed by atoms with Gasteiger partial charge < -0.3 is 19.7 Å². The summed E-state index contributed by atoms with van der Waals surface area (Å²) in [5.41, 5.74) is 0.472. The summed E-state index contributed by atoms with van der Waals surface area (Å²) in [6.07, 6.45) is 0.920. The average Bonchev–Trinajstić information content (AvgIpc) is 2.93. The fraction of sp³-hybridized carbons (Fsp3) is 0.533. The predicted octanol–water partition coefficient (Wildman–Crippen LogP) is 2.34. The second-order valence-corrected chi connectivity index (χ2v) is 5.11. The van der Waals surface area contributed by atoms with Crippen LogP contribution in [0.1, 0.15) is 6.42 Å². The first-order chi connectivity index (χ1) is 10.2. The molecule has 1 aromatic carbocycles. The molecular formula is C15H21FN2O3. The van der Waals surface area contributed by atoms with Crippen LogP contribution in [0.15, 0.2) is 24.3 Å². The van der Waals surface area contributed by atoms with E-state index in [2.05, 4.69) is 5.32 Å². The zero-order valence-corrected chi connectivity index (χ0v) is 12.2. The van der Waals surface area contributed by atoms with Crippen LogP contribution in [0.3, 0.4) is 0 Å². The minimum atomic E-state index is -0.362. The Morgan fingerprint density at radius 3 is 3.10 bits per heavy atom. The molecule has 21 heavy (non-hydrogen) atoms. The molecule has 1 N–H and O–H groups in total. The van der Waals surface area contributed by atoms with Crippen molar-refractivity contribution in [2.45, 2.75) is 6.42 Å². The minimum absolute atomic E-state index is 0.194. The smallest absolute Gasteiger partial charge is 0.321 e. The van der Waals surface area contributed by atoms with E-state index in [1.54, 1.807) is 24.1 Å². The average molecular weight is 296 g/mol. The summed E-state index contributed by atoms with van der Waals surface area (Å²) in [4.78, 5) is 13.8. The first-order valence-electron chi connectivity index (χ1n) is 7.07. The Kier molecular flexibility index (Phi) is 5.95. The number of nitrogens with zero attached hydrogens (tertiary/aromatic N) is 1. The maximum Gasteiger partial charge on any atom is 0.321 e. The second-order valence-electron chi connectivity index (χ2n) is 5.11. The number of likely N-dealkylation sites (tertiary alicyclic amines) is 1. The Morgan fingerprint density at radius 2 is 2.33 bits per heavy atom. The third kappa shape index (κ3) is 4.99. The first-order valence-corrected chi connectivity index (χ1v) is 7.07. The molecule has 0 unspecified atom stereocenters. The molecule has 1 heterocycles. The molecule has 1 saturated heterocycles. The molecule has 0 bridgehead atoms. The van der Waals surface area contributed by atoms with Gasteiger partial charge in [-0.15, -0.1) is 0 Å². The number of carbonyl (C=O) groups is 1. The van der Waals surface area contributed by atoms with E-state index in [4.69, 9.17) is 9.47 Å². The van der Waals surface area contributed by atoms with Gasteiger partial charge in [-0.1, -0.05) is 6.07 Å². The van der Waals surface area contributed by atoms with E-state index in [-0.39, 0.29) is 11.8 Å². The highest BCUT2D eigenvalue weighted by Crippen LogP contribution is 2.18. The van der Waals surface area contributed by atoms with Crippen LogP contribution in [0, 0.1) is 11.7 Å². The van der Waals surface area contributed by atoms with E-state index in [1.165, 1.54) is 12.1 Å². The van der Waals surface area contributed by atoms with Crippen LogP contribution in [-0.4, -0.2) is 51.0 Å². The monoisotopic (exact) mass is 296 g/mol. The Balaban J connectivity index is 1.74. The molecule has 1 fully saturated rings. The summed E-state index contributed by atoms with van der Waals surface area (Å²) in [6, 6.07) is 5.70. The summed E-state index contributed by atoms with van der Waals surface area (Å²) >= 11 is 0. The van der Waals surface area contributed by atoms with Crippen molar-refractivity contribution in [3.63, 3.8) is 0 Å².